The number of Topliss-reactive ketones (excluding diaryl/α,β-unsaturated/α-hetero) is 1. The van der Waals surface area contributed by atoms with Crippen LogP contribution in [-0.2, 0) is 14.3 Å². The Balaban J connectivity index is 1.46. The first kappa shape index (κ1) is 16.7. The van der Waals surface area contributed by atoms with E-state index in [9.17, 15) is 4.79 Å². The molecule has 6 atom stereocenters. The van der Waals surface area contributed by atoms with Gasteiger partial charge >= 0.3 is 0 Å². The van der Waals surface area contributed by atoms with Gasteiger partial charge in [0, 0.05) is 24.7 Å². The molecule has 5 aliphatic rings. The topological polar surface area (TPSA) is 35.5 Å². The molecule has 0 aromatic rings. The van der Waals surface area contributed by atoms with Crippen molar-refractivity contribution in [1.82, 2.24) is 0 Å². The monoisotopic (exact) mass is 346 g/mol. The SMILES string of the molecule is C[C@]12CC[C@@H]3[C@H]4CCC(=O)[C@@]4(C)CC[C@H]3[C@@]1(C)CCC1(C2)OCCO1. The molecule has 1 aliphatic heterocycles. The van der Waals surface area contributed by atoms with Crippen LogP contribution in [0.25, 0.3) is 0 Å². The van der Waals surface area contributed by atoms with Gasteiger partial charge < -0.3 is 9.47 Å². The Morgan fingerprint density at radius 1 is 0.880 bits per heavy atom. The summed E-state index contributed by atoms with van der Waals surface area (Å²) in [5.74, 6) is 2.48. The average Bonchev–Trinajstić information content (AvgIpc) is 3.14. The Labute approximate surface area is 152 Å². The van der Waals surface area contributed by atoms with E-state index in [0.717, 1.165) is 57.2 Å². The van der Waals surface area contributed by atoms with E-state index >= 15 is 0 Å². The van der Waals surface area contributed by atoms with E-state index in [4.69, 9.17) is 9.47 Å². The second-order valence-electron chi connectivity index (χ2n) is 10.6. The molecule has 5 rings (SSSR count). The summed E-state index contributed by atoms with van der Waals surface area (Å²) in [7, 11) is 0. The molecular weight excluding hydrogens is 312 g/mol. The molecule has 4 saturated carbocycles. The van der Waals surface area contributed by atoms with Gasteiger partial charge in [-0.05, 0) is 67.1 Å². The Morgan fingerprint density at radius 3 is 2.40 bits per heavy atom. The summed E-state index contributed by atoms with van der Waals surface area (Å²) in [6, 6.07) is 0. The zero-order chi connectivity index (χ0) is 17.5. The van der Waals surface area contributed by atoms with E-state index in [2.05, 4.69) is 20.8 Å². The predicted octanol–water partition coefficient (Wildman–Crippen LogP) is 4.73. The molecule has 0 unspecified atom stereocenters. The molecule has 4 aliphatic carbocycles. The molecule has 3 nitrogen and oxygen atoms in total. The molecule has 0 aromatic heterocycles. The van der Waals surface area contributed by atoms with Crippen LogP contribution in [0.15, 0.2) is 0 Å². The fourth-order valence-corrected chi connectivity index (χ4v) is 8.12. The first-order valence-corrected chi connectivity index (χ1v) is 10.6. The van der Waals surface area contributed by atoms with E-state index in [1.54, 1.807) is 0 Å². The van der Waals surface area contributed by atoms with Crippen LogP contribution in [-0.4, -0.2) is 24.8 Å². The van der Waals surface area contributed by atoms with Crippen molar-refractivity contribution in [3.63, 3.8) is 0 Å². The quantitative estimate of drug-likeness (QED) is 0.636. The van der Waals surface area contributed by atoms with Crippen LogP contribution in [0.3, 0.4) is 0 Å². The van der Waals surface area contributed by atoms with Crippen molar-refractivity contribution in [2.75, 3.05) is 13.2 Å². The normalized spacial score (nSPS) is 54.2. The zero-order valence-corrected chi connectivity index (χ0v) is 16.2. The highest BCUT2D eigenvalue weighted by Gasteiger charge is 2.65. The van der Waals surface area contributed by atoms with Gasteiger partial charge in [-0.3, -0.25) is 4.79 Å². The molecule has 3 heteroatoms. The summed E-state index contributed by atoms with van der Waals surface area (Å²) < 4.78 is 12.2. The molecule has 25 heavy (non-hydrogen) atoms. The predicted molar refractivity (Wildman–Crippen MR) is 96.0 cm³/mol. The van der Waals surface area contributed by atoms with Gasteiger partial charge in [-0.2, -0.15) is 0 Å². The summed E-state index contributed by atoms with van der Waals surface area (Å²) >= 11 is 0. The first-order chi connectivity index (χ1) is 11.8. The standard InChI is InChI=1S/C22H34O3/c1-19-8-6-15-16-4-5-18(23)20(16,2)9-7-17(15)21(19,3)10-11-22(14-19)24-12-13-25-22/h15-17H,4-14H2,1-3H3/t15-,16-,17-,19-,20+,21-/m1/s1. The third kappa shape index (κ3) is 2.03. The third-order valence-electron chi connectivity index (χ3n) is 9.87. The van der Waals surface area contributed by atoms with Crippen LogP contribution in [0.1, 0.15) is 78.6 Å². The molecule has 1 spiro atoms. The lowest BCUT2D eigenvalue weighted by Gasteiger charge is -2.65. The van der Waals surface area contributed by atoms with E-state index in [0.29, 0.717) is 22.5 Å². The van der Waals surface area contributed by atoms with Crippen molar-refractivity contribution < 1.29 is 14.3 Å². The fraction of sp³-hybridized carbons (Fsp3) is 0.955. The highest BCUT2D eigenvalue weighted by molar-refractivity contribution is 5.87. The molecule has 0 amide bonds. The lowest BCUT2D eigenvalue weighted by atomic mass is 9.40. The molecule has 0 aromatic carbocycles. The maximum absolute atomic E-state index is 12.6. The van der Waals surface area contributed by atoms with E-state index in [-0.39, 0.29) is 11.2 Å². The number of fused-ring (bicyclic) bond motifs is 5. The van der Waals surface area contributed by atoms with Gasteiger partial charge in [0.1, 0.15) is 5.78 Å². The van der Waals surface area contributed by atoms with Crippen LogP contribution in [0.4, 0.5) is 0 Å². The molecule has 0 N–H and O–H groups in total. The van der Waals surface area contributed by atoms with Crippen molar-refractivity contribution >= 4 is 5.78 Å². The second kappa shape index (κ2) is 5.10. The van der Waals surface area contributed by atoms with Crippen molar-refractivity contribution in [3.05, 3.63) is 0 Å². The second-order valence-corrected chi connectivity index (χ2v) is 10.6. The largest absolute Gasteiger partial charge is 0.348 e. The number of rotatable bonds is 0. The Hall–Kier alpha value is -0.410. The van der Waals surface area contributed by atoms with Gasteiger partial charge in [-0.25, -0.2) is 0 Å². The van der Waals surface area contributed by atoms with Gasteiger partial charge in [-0.15, -0.1) is 0 Å². The van der Waals surface area contributed by atoms with Crippen LogP contribution in [0.2, 0.25) is 0 Å². The van der Waals surface area contributed by atoms with E-state index in [1.807, 2.05) is 0 Å². The number of ether oxygens (including phenoxy) is 2. The van der Waals surface area contributed by atoms with E-state index < -0.39 is 0 Å². The van der Waals surface area contributed by atoms with Crippen LogP contribution in [0.5, 0.6) is 0 Å². The van der Waals surface area contributed by atoms with Gasteiger partial charge in [0.05, 0.1) is 13.2 Å². The lowest BCUT2D eigenvalue weighted by molar-refractivity contribution is -0.256. The minimum atomic E-state index is -0.284. The molecule has 0 radical (unpaired) electrons. The van der Waals surface area contributed by atoms with Gasteiger partial charge in [0.15, 0.2) is 5.79 Å². The molecule has 140 valence electrons. The molecule has 5 fully saturated rings. The number of hydrogen-bond acceptors (Lipinski definition) is 3. The number of hydrogen-bond donors (Lipinski definition) is 0. The van der Waals surface area contributed by atoms with E-state index in [1.165, 1.54) is 25.7 Å². The number of ketones is 1. The Morgan fingerprint density at radius 2 is 1.64 bits per heavy atom. The smallest absolute Gasteiger partial charge is 0.169 e. The molecule has 1 heterocycles. The number of carbonyl (C=O) groups is 1. The molecular formula is C22H34O3. The van der Waals surface area contributed by atoms with Crippen molar-refractivity contribution in [1.29, 1.82) is 0 Å². The minimum absolute atomic E-state index is 0.00116. The minimum Gasteiger partial charge on any atom is -0.348 e. The molecule has 1 saturated heterocycles. The zero-order valence-electron chi connectivity index (χ0n) is 16.2. The highest BCUT2D eigenvalue weighted by atomic mass is 16.7. The van der Waals surface area contributed by atoms with Gasteiger partial charge in [0.2, 0.25) is 0 Å². The number of carbonyl (C=O) groups excluding carboxylic acids is 1. The van der Waals surface area contributed by atoms with Crippen molar-refractivity contribution in [2.24, 2.45) is 34.0 Å². The van der Waals surface area contributed by atoms with Crippen LogP contribution >= 0.6 is 0 Å². The van der Waals surface area contributed by atoms with Gasteiger partial charge in [0.25, 0.3) is 0 Å². The lowest BCUT2D eigenvalue weighted by Crippen LogP contribution is -2.60. The summed E-state index contributed by atoms with van der Waals surface area (Å²) in [5, 5.41) is 0. The summed E-state index contributed by atoms with van der Waals surface area (Å²) in [6.07, 6.45) is 10.3. The summed E-state index contributed by atoms with van der Waals surface area (Å²) in [6.45, 7) is 8.91. The third-order valence-corrected chi connectivity index (χ3v) is 9.87. The Kier molecular flexibility index (Phi) is 3.41. The van der Waals surface area contributed by atoms with Crippen LogP contribution in [0, 0.1) is 34.0 Å². The fourth-order valence-electron chi connectivity index (χ4n) is 8.12. The summed E-state index contributed by atoms with van der Waals surface area (Å²) in [5.41, 5.74) is 0.690. The Bertz CT molecular complexity index is 594. The average molecular weight is 347 g/mol. The van der Waals surface area contributed by atoms with Gasteiger partial charge in [-0.1, -0.05) is 20.8 Å². The maximum atomic E-state index is 12.6. The first-order valence-electron chi connectivity index (χ1n) is 10.6. The highest BCUT2D eigenvalue weighted by Crippen LogP contribution is 2.70. The van der Waals surface area contributed by atoms with Crippen molar-refractivity contribution in [3.8, 4) is 0 Å². The van der Waals surface area contributed by atoms with Crippen LogP contribution < -0.4 is 0 Å². The van der Waals surface area contributed by atoms with Crippen molar-refractivity contribution in [2.45, 2.75) is 84.3 Å². The maximum Gasteiger partial charge on any atom is 0.169 e. The summed E-state index contributed by atoms with van der Waals surface area (Å²) in [4.78, 5) is 12.6. The molecule has 0 bridgehead atoms.